The van der Waals surface area contributed by atoms with Crippen LogP contribution in [0.2, 0.25) is 0 Å². The number of aliphatic hydroxyl groups is 1. The lowest BCUT2D eigenvalue weighted by molar-refractivity contribution is 0.185. The summed E-state index contributed by atoms with van der Waals surface area (Å²) in [6.45, 7) is 2.09. The molecule has 5 nitrogen and oxygen atoms in total. The van der Waals surface area contributed by atoms with Crippen molar-refractivity contribution in [3.05, 3.63) is 46.7 Å². The molecule has 0 spiro atoms. The molecule has 1 aromatic heterocycles. The highest BCUT2D eigenvalue weighted by molar-refractivity contribution is 7.89. The Labute approximate surface area is 128 Å². The van der Waals surface area contributed by atoms with Crippen LogP contribution in [0.1, 0.15) is 17.9 Å². The lowest BCUT2D eigenvalue weighted by atomic mass is 10.3. The topological polar surface area (TPSA) is 75.6 Å². The molecule has 0 saturated heterocycles. The third-order valence-electron chi connectivity index (χ3n) is 2.78. The van der Waals surface area contributed by atoms with E-state index in [1.165, 1.54) is 17.4 Å². The Hall–Kier alpha value is -1.41. The average molecular weight is 327 g/mol. The highest BCUT2D eigenvalue weighted by Gasteiger charge is 2.20. The number of ether oxygens (including phenoxy) is 1. The number of aliphatic hydroxyl groups excluding tert-OH is 1. The summed E-state index contributed by atoms with van der Waals surface area (Å²) in [6, 6.07) is 10.00. The second kappa shape index (κ2) is 7.04. The second-order valence-electron chi connectivity index (χ2n) is 4.26. The van der Waals surface area contributed by atoms with Crippen LogP contribution >= 0.6 is 11.3 Å². The SMILES string of the molecule is CCOc1ccccc1S(=O)(=O)NCC(O)c1cccs1. The molecule has 2 aromatic rings. The van der Waals surface area contributed by atoms with E-state index in [-0.39, 0.29) is 11.4 Å². The molecule has 7 heteroatoms. The zero-order chi connectivity index (χ0) is 15.3. The van der Waals surface area contributed by atoms with Gasteiger partial charge in [-0.25, -0.2) is 13.1 Å². The van der Waals surface area contributed by atoms with Crippen LogP contribution in [0.4, 0.5) is 0 Å². The molecule has 1 aromatic carbocycles. The fraction of sp³-hybridized carbons (Fsp3) is 0.286. The molecule has 1 heterocycles. The van der Waals surface area contributed by atoms with Gasteiger partial charge in [-0.3, -0.25) is 0 Å². The van der Waals surface area contributed by atoms with Gasteiger partial charge in [0, 0.05) is 11.4 Å². The quantitative estimate of drug-likeness (QED) is 0.817. The molecule has 0 fully saturated rings. The summed E-state index contributed by atoms with van der Waals surface area (Å²) in [6.07, 6.45) is -0.862. The fourth-order valence-corrected chi connectivity index (χ4v) is 3.69. The van der Waals surface area contributed by atoms with E-state index in [9.17, 15) is 13.5 Å². The van der Waals surface area contributed by atoms with E-state index in [1.54, 1.807) is 31.2 Å². The van der Waals surface area contributed by atoms with Gasteiger partial charge in [0.1, 0.15) is 16.7 Å². The van der Waals surface area contributed by atoms with Gasteiger partial charge in [0.2, 0.25) is 10.0 Å². The average Bonchev–Trinajstić information content (AvgIpc) is 3.00. The summed E-state index contributed by atoms with van der Waals surface area (Å²) in [5, 5.41) is 11.8. The van der Waals surface area contributed by atoms with Gasteiger partial charge in [-0.2, -0.15) is 0 Å². The molecule has 0 bridgehead atoms. The minimum atomic E-state index is -3.73. The van der Waals surface area contributed by atoms with E-state index in [0.717, 1.165) is 4.88 Å². The van der Waals surface area contributed by atoms with Gasteiger partial charge in [-0.05, 0) is 30.5 Å². The molecular weight excluding hydrogens is 310 g/mol. The van der Waals surface area contributed by atoms with E-state index in [2.05, 4.69) is 4.72 Å². The monoisotopic (exact) mass is 327 g/mol. The van der Waals surface area contributed by atoms with E-state index in [4.69, 9.17) is 4.74 Å². The van der Waals surface area contributed by atoms with Crippen molar-refractivity contribution < 1.29 is 18.3 Å². The van der Waals surface area contributed by atoms with Gasteiger partial charge < -0.3 is 9.84 Å². The first-order valence-corrected chi connectivity index (χ1v) is 8.84. The van der Waals surface area contributed by atoms with Crippen molar-refractivity contribution in [2.75, 3.05) is 13.2 Å². The highest BCUT2D eigenvalue weighted by atomic mass is 32.2. The van der Waals surface area contributed by atoms with Gasteiger partial charge in [-0.15, -0.1) is 11.3 Å². The number of nitrogens with one attached hydrogen (secondary N) is 1. The molecular formula is C14H17NO4S2. The van der Waals surface area contributed by atoms with E-state index < -0.39 is 16.1 Å². The first-order valence-electron chi connectivity index (χ1n) is 6.47. The van der Waals surface area contributed by atoms with Crippen molar-refractivity contribution >= 4 is 21.4 Å². The summed E-state index contributed by atoms with van der Waals surface area (Å²) in [5.41, 5.74) is 0. The fourth-order valence-electron chi connectivity index (χ4n) is 1.79. The van der Waals surface area contributed by atoms with Crippen LogP contribution in [0, 0.1) is 0 Å². The molecule has 1 unspecified atom stereocenters. The zero-order valence-electron chi connectivity index (χ0n) is 11.5. The van der Waals surface area contributed by atoms with Crippen LogP contribution in [0.15, 0.2) is 46.7 Å². The van der Waals surface area contributed by atoms with Crippen LogP contribution in [0.25, 0.3) is 0 Å². The van der Waals surface area contributed by atoms with Crippen LogP contribution in [-0.4, -0.2) is 26.7 Å². The van der Waals surface area contributed by atoms with E-state index in [1.807, 2.05) is 11.4 Å². The molecule has 0 amide bonds. The van der Waals surface area contributed by atoms with Crippen LogP contribution in [0.5, 0.6) is 5.75 Å². The molecule has 2 rings (SSSR count). The first-order chi connectivity index (χ1) is 10.0. The Balaban J connectivity index is 2.12. The van der Waals surface area contributed by atoms with E-state index >= 15 is 0 Å². The minimum Gasteiger partial charge on any atom is -0.492 e. The molecule has 0 aliphatic carbocycles. The number of hydrogen-bond donors (Lipinski definition) is 2. The maximum Gasteiger partial charge on any atom is 0.244 e. The lowest BCUT2D eigenvalue weighted by Crippen LogP contribution is -2.28. The van der Waals surface area contributed by atoms with Crippen molar-refractivity contribution in [1.29, 1.82) is 0 Å². The Bertz CT molecular complexity index is 668. The number of thiophene rings is 1. The summed E-state index contributed by atoms with van der Waals surface area (Å²) in [7, 11) is -3.73. The Morgan fingerprint density at radius 1 is 1.29 bits per heavy atom. The molecule has 21 heavy (non-hydrogen) atoms. The molecule has 0 aliphatic rings. The second-order valence-corrected chi connectivity index (χ2v) is 6.98. The summed E-state index contributed by atoms with van der Waals surface area (Å²) < 4.78 is 32.3. The number of para-hydroxylation sites is 1. The smallest absolute Gasteiger partial charge is 0.244 e. The van der Waals surface area contributed by atoms with Gasteiger partial charge >= 0.3 is 0 Å². The maximum absolute atomic E-state index is 12.3. The van der Waals surface area contributed by atoms with Crippen LogP contribution in [-0.2, 0) is 10.0 Å². The molecule has 114 valence electrons. The van der Waals surface area contributed by atoms with Gasteiger partial charge in [0.25, 0.3) is 0 Å². The number of benzene rings is 1. The van der Waals surface area contributed by atoms with Crippen LogP contribution in [0.3, 0.4) is 0 Å². The standard InChI is InChI=1S/C14H17NO4S2/c1-2-19-12-6-3-4-8-14(12)21(17,18)15-10-11(16)13-7-5-9-20-13/h3-9,11,15-16H,2,10H2,1H3. The number of hydrogen-bond acceptors (Lipinski definition) is 5. The lowest BCUT2D eigenvalue weighted by Gasteiger charge is -2.13. The summed E-state index contributed by atoms with van der Waals surface area (Å²) in [4.78, 5) is 0.793. The normalized spacial score (nSPS) is 13.0. The van der Waals surface area contributed by atoms with Crippen molar-refractivity contribution in [3.63, 3.8) is 0 Å². The summed E-state index contributed by atoms with van der Waals surface area (Å²) in [5.74, 6) is 0.304. The van der Waals surface area contributed by atoms with Crippen molar-refractivity contribution in [2.45, 2.75) is 17.9 Å². The number of sulfonamides is 1. The van der Waals surface area contributed by atoms with Crippen LogP contribution < -0.4 is 9.46 Å². The predicted molar refractivity (Wildman–Crippen MR) is 82.1 cm³/mol. The molecule has 0 saturated carbocycles. The largest absolute Gasteiger partial charge is 0.492 e. The Kier molecular flexibility index (Phi) is 5.35. The Morgan fingerprint density at radius 2 is 2.05 bits per heavy atom. The van der Waals surface area contributed by atoms with Crippen molar-refractivity contribution in [2.24, 2.45) is 0 Å². The van der Waals surface area contributed by atoms with Gasteiger partial charge in [0.05, 0.1) is 6.61 Å². The molecule has 2 N–H and O–H groups in total. The molecule has 0 radical (unpaired) electrons. The maximum atomic E-state index is 12.3. The minimum absolute atomic E-state index is 0.0743. The predicted octanol–water partition coefficient (Wildman–Crippen LogP) is 2.16. The molecule has 1 atom stereocenters. The zero-order valence-corrected chi connectivity index (χ0v) is 13.2. The van der Waals surface area contributed by atoms with Gasteiger partial charge in [0.15, 0.2) is 0 Å². The van der Waals surface area contributed by atoms with Crippen molar-refractivity contribution in [1.82, 2.24) is 4.72 Å². The third kappa shape index (κ3) is 4.04. The Morgan fingerprint density at radius 3 is 2.71 bits per heavy atom. The highest BCUT2D eigenvalue weighted by Crippen LogP contribution is 2.24. The van der Waals surface area contributed by atoms with Gasteiger partial charge in [-0.1, -0.05) is 18.2 Å². The van der Waals surface area contributed by atoms with E-state index in [0.29, 0.717) is 12.4 Å². The first kappa shape index (κ1) is 16.0. The third-order valence-corrected chi connectivity index (χ3v) is 5.21. The summed E-state index contributed by atoms with van der Waals surface area (Å²) >= 11 is 1.38. The number of rotatable bonds is 7. The molecule has 0 aliphatic heterocycles. The van der Waals surface area contributed by atoms with Crippen molar-refractivity contribution in [3.8, 4) is 5.75 Å².